The van der Waals surface area contributed by atoms with Gasteiger partial charge in [0, 0.05) is 12.7 Å². The van der Waals surface area contributed by atoms with Crippen LogP contribution in [0.3, 0.4) is 0 Å². The largest absolute Gasteiger partial charge is 0.393 e. The Bertz CT molecular complexity index is 1580. The molecule has 1 amide bonds. The second-order valence-corrected chi connectivity index (χ2v) is 18.8. The summed E-state index contributed by atoms with van der Waals surface area (Å²) in [5, 5.41) is 11.1. The third-order valence-electron chi connectivity index (χ3n) is 16.8. The van der Waals surface area contributed by atoms with Gasteiger partial charge in [-0.2, -0.15) is 0 Å². The first-order valence-electron chi connectivity index (χ1n) is 19.4. The van der Waals surface area contributed by atoms with Crippen molar-refractivity contribution in [1.82, 2.24) is 19.9 Å². The second-order valence-electron chi connectivity index (χ2n) is 18.8. The lowest BCUT2D eigenvalue weighted by Gasteiger charge is -2.73. The second kappa shape index (κ2) is 11.0. The van der Waals surface area contributed by atoms with Crippen LogP contribution in [0.15, 0.2) is 42.7 Å². The number of aliphatic hydroxyl groups is 1. The Balaban J connectivity index is 1.12. The molecule has 8 rings (SSSR count). The molecule has 6 nitrogen and oxygen atoms in total. The van der Waals surface area contributed by atoms with Gasteiger partial charge in [0.05, 0.1) is 35.1 Å². The van der Waals surface area contributed by atoms with Crippen molar-refractivity contribution in [2.75, 3.05) is 6.54 Å². The first-order valence-corrected chi connectivity index (χ1v) is 19.4. The van der Waals surface area contributed by atoms with Crippen molar-refractivity contribution < 1.29 is 9.90 Å². The van der Waals surface area contributed by atoms with Gasteiger partial charge in [-0.3, -0.25) is 9.78 Å². The number of H-pyrrole nitrogens is 1. The van der Waals surface area contributed by atoms with Crippen LogP contribution in [-0.2, 0) is 4.79 Å². The van der Waals surface area contributed by atoms with Gasteiger partial charge in [-0.1, -0.05) is 52.8 Å². The van der Waals surface area contributed by atoms with Crippen LogP contribution >= 0.6 is 0 Å². The molecule has 6 heteroatoms. The molecule has 2 aromatic rings. The summed E-state index contributed by atoms with van der Waals surface area (Å²) < 4.78 is 0. The quantitative estimate of drug-likeness (QED) is 0.323. The molecular formula is C42H60N4O2. The molecule has 48 heavy (non-hydrogen) atoms. The van der Waals surface area contributed by atoms with Crippen molar-refractivity contribution in [1.29, 1.82) is 0 Å². The molecule has 2 aromatic heterocycles. The first-order chi connectivity index (χ1) is 22.8. The maximum absolute atomic E-state index is 15.3. The Kier molecular flexibility index (Phi) is 7.51. The van der Waals surface area contributed by atoms with Gasteiger partial charge >= 0.3 is 0 Å². The number of likely N-dealkylation sites (tertiary alicyclic amines) is 1. The number of hydrogen-bond donors (Lipinski definition) is 2. The molecule has 11 atom stereocenters. The molecule has 5 aliphatic carbocycles. The lowest BCUT2D eigenvalue weighted by Crippen LogP contribution is -2.67. The highest BCUT2D eigenvalue weighted by atomic mass is 16.3. The van der Waals surface area contributed by atoms with E-state index in [1.54, 1.807) is 0 Å². The molecule has 6 aliphatic rings. The number of amides is 1. The van der Waals surface area contributed by atoms with Gasteiger partial charge in [0.15, 0.2) is 0 Å². The summed E-state index contributed by atoms with van der Waals surface area (Å²) in [5.74, 6) is 3.85. The van der Waals surface area contributed by atoms with Gasteiger partial charge < -0.3 is 15.0 Å². The van der Waals surface area contributed by atoms with Crippen LogP contribution in [0.25, 0.3) is 11.4 Å². The monoisotopic (exact) mass is 652 g/mol. The smallest absolute Gasteiger partial charge is 0.229 e. The predicted molar refractivity (Wildman–Crippen MR) is 190 cm³/mol. The highest BCUT2D eigenvalue weighted by Gasteiger charge is 2.72. The number of nitrogens with zero attached hydrogens (tertiary/aromatic N) is 3. The number of carbonyl (C=O) groups is 1. The molecule has 0 radical (unpaired) electrons. The molecule has 0 aromatic carbocycles. The number of aromatic nitrogens is 3. The summed E-state index contributed by atoms with van der Waals surface area (Å²) in [4.78, 5) is 30.5. The minimum absolute atomic E-state index is 0.00402. The van der Waals surface area contributed by atoms with Crippen LogP contribution in [0.2, 0.25) is 0 Å². The van der Waals surface area contributed by atoms with E-state index in [2.05, 4.69) is 63.0 Å². The maximum Gasteiger partial charge on any atom is 0.229 e. The number of aromatic amines is 1. The van der Waals surface area contributed by atoms with Crippen molar-refractivity contribution in [3.63, 3.8) is 0 Å². The van der Waals surface area contributed by atoms with Gasteiger partial charge in [-0.05, 0) is 147 Å². The van der Waals surface area contributed by atoms with Crippen molar-refractivity contribution in [3.8, 4) is 11.4 Å². The molecule has 0 bridgehead atoms. The topological polar surface area (TPSA) is 82.1 Å². The molecule has 0 unspecified atom stereocenters. The van der Waals surface area contributed by atoms with Crippen molar-refractivity contribution in [2.24, 2.45) is 56.7 Å². The SMILES string of the molecule is C=C(C)[C@@H]1CC[C@]2(C(=O)N3CCC[C@H]3c3ncc(-c4ccccn4)[nH]3)CC[C@]3(C)[C@H](CC[C@@H]4[C@@]5(C)CC[C@H](O)C(C)(C)[C@@H]5CC[C@]43C)[C@@H]12. The molecule has 6 fully saturated rings. The number of aliphatic hydroxyl groups excluding tert-OH is 1. The molecule has 260 valence electrons. The van der Waals surface area contributed by atoms with Crippen LogP contribution in [0.4, 0.5) is 0 Å². The number of rotatable bonds is 4. The van der Waals surface area contributed by atoms with Gasteiger partial charge in [0.25, 0.3) is 0 Å². The highest BCUT2D eigenvalue weighted by Crippen LogP contribution is 2.77. The number of nitrogens with one attached hydrogen (secondary N) is 1. The lowest BCUT2D eigenvalue weighted by atomic mass is 9.32. The molecule has 3 heterocycles. The van der Waals surface area contributed by atoms with E-state index in [0.29, 0.717) is 35.5 Å². The third kappa shape index (κ3) is 4.29. The fourth-order valence-electron chi connectivity index (χ4n) is 14.2. The molecule has 5 saturated carbocycles. The van der Waals surface area contributed by atoms with E-state index in [9.17, 15) is 5.11 Å². The Morgan fingerprint density at radius 3 is 2.48 bits per heavy atom. The van der Waals surface area contributed by atoms with E-state index in [1.165, 1.54) is 31.3 Å². The normalized spacial score (nSPS) is 44.7. The minimum atomic E-state index is -0.311. The minimum Gasteiger partial charge on any atom is -0.393 e. The zero-order chi connectivity index (χ0) is 33.9. The molecule has 1 saturated heterocycles. The molecular weight excluding hydrogens is 592 g/mol. The van der Waals surface area contributed by atoms with E-state index in [-0.39, 0.29) is 39.2 Å². The lowest BCUT2D eigenvalue weighted by molar-refractivity contribution is -0.247. The molecule has 1 aliphatic heterocycles. The summed E-state index contributed by atoms with van der Waals surface area (Å²) >= 11 is 0. The van der Waals surface area contributed by atoms with E-state index in [1.807, 2.05) is 30.6 Å². The standard InChI is InChI=1S/C42H60N4O2/c1-26(2)27-15-20-42(37(48)46-24-10-12-31(46)36-44-25-30(45-36)29-11-8-9-23-43-29)22-21-40(6)28(35(27)42)13-14-33-39(5)18-17-34(47)38(3,4)32(39)16-19-41(33,40)7/h8-9,11,23,25,27-28,31-35,47H,1,10,12-22,24H2,2-7H3,(H,44,45)/t27-,28+,31-,32-,33+,34-,35+,39-,40+,41+,42-/m0/s1. The molecule has 0 spiro atoms. The van der Waals surface area contributed by atoms with Gasteiger partial charge in [-0.25, -0.2) is 4.98 Å². The molecule has 2 N–H and O–H groups in total. The van der Waals surface area contributed by atoms with Crippen LogP contribution in [0.1, 0.15) is 130 Å². The van der Waals surface area contributed by atoms with Crippen molar-refractivity contribution in [3.05, 3.63) is 48.6 Å². The van der Waals surface area contributed by atoms with E-state index >= 15 is 4.79 Å². The third-order valence-corrected chi connectivity index (χ3v) is 16.8. The Morgan fingerprint density at radius 1 is 0.917 bits per heavy atom. The summed E-state index contributed by atoms with van der Waals surface area (Å²) in [6.07, 6.45) is 16.7. The van der Waals surface area contributed by atoms with Crippen LogP contribution in [0, 0.1) is 56.7 Å². The number of allylic oxidation sites excluding steroid dienone is 1. The Hall–Kier alpha value is -2.47. The maximum atomic E-state index is 15.3. The van der Waals surface area contributed by atoms with Gasteiger partial charge in [0.2, 0.25) is 5.91 Å². The average Bonchev–Trinajstić information content (AvgIpc) is 3.82. The predicted octanol–water partition coefficient (Wildman–Crippen LogP) is 9.15. The van der Waals surface area contributed by atoms with Crippen LogP contribution < -0.4 is 0 Å². The summed E-state index contributed by atoms with van der Waals surface area (Å²) in [6.45, 7) is 20.3. The number of carbonyl (C=O) groups excluding carboxylic acids is 1. The fraction of sp³-hybridized carbons (Fsp3) is 0.738. The van der Waals surface area contributed by atoms with Gasteiger partial charge in [-0.15, -0.1) is 0 Å². The Labute approximate surface area is 289 Å². The van der Waals surface area contributed by atoms with Crippen molar-refractivity contribution in [2.45, 2.75) is 131 Å². The fourth-order valence-corrected chi connectivity index (χ4v) is 14.2. The average molecular weight is 653 g/mol. The van der Waals surface area contributed by atoms with Crippen LogP contribution in [-0.4, -0.2) is 43.5 Å². The van der Waals surface area contributed by atoms with E-state index in [4.69, 9.17) is 4.98 Å². The van der Waals surface area contributed by atoms with Gasteiger partial charge in [0.1, 0.15) is 5.82 Å². The van der Waals surface area contributed by atoms with E-state index in [0.717, 1.165) is 75.1 Å². The zero-order valence-corrected chi connectivity index (χ0v) is 30.5. The van der Waals surface area contributed by atoms with Crippen molar-refractivity contribution >= 4 is 5.91 Å². The van der Waals surface area contributed by atoms with Crippen LogP contribution in [0.5, 0.6) is 0 Å². The summed E-state index contributed by atoms with van der Waals surface area (Å²) in [6, 6.07) is 5.94. The first kappa shape index (κ1) is 32.7. The number of pyridine rings is 1. The number of fused-ring (bicyclic) bond motifs is 7. The highest BCUT2D eigenvalue weighted by molar-refractivity contribution is 5.84. The number of imidazole rings is 1. The Morgan fingerprint density at radius 2 is 1.73 bits per heavy atom. The summed E-state index contributed by atoms with van der Waals surface area (Å²) in [5.41, 5.74) is 3.44. The number of hydrogen-bond acceptors (Lipinski definition) is 4. The zero-order valence-electron chi connectivity index (χ0n) is 30.5. The summed E-state index contributed by atoms with van der Waals surface area (Å²) in [7, 11) is 0. The van der Waals surface area contributed by atoms with E-state index < -0.39 is 0 Å².